The molecule has 19 heavy (non-hydrogen) atoms. The van der Waals surface area contributed by atoms with Crippen molar-refractivity contribution in [2.75, 3.05) is 5.73 Å². The minimum absolute atomic E-state index is 0.498. The summed E-state index contributed by atoms with van der Waals surface area (Å²) in [6.45, 7) is 2.17. The number of aromatic nitrogens is 4. The van der Waals surface area contributed by atoms with Gasteiger partial charge in [-0.1, -0.05) is 39.0 Å². The van der Waals surface area contributed by atoms with Crippen LogP contribution in [0.1, 0.15) is 63.6 Å². The van der Waals surface area contributed by atoms with Crippen molar-refractivity contribution in [2.24, 2.45) is 0 Å². The summed E-state index contributed by atoms with van der Waals surface area (Å²) < 4.78 is 2.14. The van der Waals surface area contributed by atoms with Crippen LogP contribution in [0.2, 0.25) is 0 Å². The summed E-state index contributed by atoms with van der Waals surface area (Å²) in [4.78, 5) is 0. The molecule has 0 atom stereocenters. The van der Waals surface area contributed by atoms with Gasteiger partial charge in [-0.2, -0.15) is 10.2 Å². The summed E-state index contributed by atoms with van der Waals surface area (Å²) >= 11 is 0. The number of rotatable bonds is 3. The highest BCUT2D eigenvalue weighted by Crippen LogP contribution is 2.32. The van der Waals surface area contributed by atoms with Crippen LogP contribution < -0.4 is 5.73 Å². The second kappa shape index (κ2) is 5.23. The Morgan fingerprint density at radius 1 is 1.26 bits per heavy atom. The topological polar surface area (TPSA) is 72.5 Å². The first-order valence-electron chi connectivity index (χ1n) is 7.52. The van der Waals surface area contributed by atoms with Gasteiger partial charge in [0.25, 0.3) is 0 Å². The van der Waals surface area contributed by atoms with Crippen LogP contribution in [0.5, 0.6) is 0 Å². The van der Waals surface area contributed by atoms with E-state index in [1.54, 1.807) is 0 Å². The molecule has 2 heterocycles. The van der Waals surface area contributed by atoms with Crippen LogP contribution in [-0.4, -0.2) is 20.0 Å². The Labute approximate surface area is 113 Å². The zero-order chi connectivity index (χ0) is 13.2. The van der Waals surface area contributed by atoms with Crippen molar-refractivity contribution < 1.29 is 0 Å². The monoisotopic (exact) mass is 261 g/mol. The smallest absolute Gasteiger partial charge is 0.182 e. The predicted octanol–water partition coefficient (Wildman–Crippen LogP) is 3.19. The van der Waals surface area contributed by atoms with Gasteiger partial charge in [0.05, 0.1) is 17.1 Å². The minimum atomic E-state index is 0.498. The van der Waals surface area contributed by atoms with Gasteiger partial charge in [0.1, 0.15) is 5.82 Å². The van der Waals surface area contributed by atoms with Gasteiger partial charge < -0.3 is 5.73 Å². The maximum absolute atomic E-state index is 6.01. The fourth-order valence-corrected chi connectivity index (χ4v) is 3.19. The van der Waals surface area contributed by atoms with Crippen molar-refractivity contribution in [2.45, 2.75) is 64.3 Å². The number of hydrogen-bond acceptors (Lipinski definition) is 3. The molecule has 104 valence electrons. The molecule has 0 unspecified atom stereocenters. The molecule has 5 heteroatoms. The van der Waals surface area contributed by atoms with E-state index in [1.165, 1.54) is 38.5 Å². The van der Waals surface area contributed by atoms with Gasteiger partial charge in [0.15, 0.2) is 5.65 Å². The van der Waals surface area contributed by atoms with Crippen molar-refractivity contribution in [1.29, 1.82) is 0 Å². The highest BCUT2D eigenvalue weighted by atomic mass is 15.4. The van der Waals surface area contributed by atoms with Crippen LogP contribution >= 0.6 is 0 Å². The molecular formula is C14H23N5. The lowest BCUT2D eigenvalue weighted by molar-refractivity contribution is 0.411. The second-order valence-corrected chi connectivity index (χ2v) is 5.62. The summed E-state index contributed by atoms with van der Waals surface area (Å²) in [5.41, 5.74) is 8.07. The number of fused-ring (bicyclic) bond motifs is 1. The van der Waals surface area contributed by atoms with Crippen LogP contribution in [-0.2, 0) is 6.42 Å². The second-order valence-electron chi connectivity index (χ2n) is 5.62. The largest absolute Gasteiger partial charge is 0.383 e. The summed E-state index contributed by atoms with van der Waals surface area (Å²) in [7, 11) is 0. The third-order valence-electron chi connectivity index (χ3n) is 4.17. The highest BCUT2D eigenvalue weighted by Gasteiger charge is 2.22. The lowest BCUT2D eigenvalue weighted by Crippen LogP contribution is -2.10. The first kappa shape index (κ1) is 12.5. The van der Waals surface area contributed by atoms with E-state index >= 15 is 0 Å². The molecule has 0 radical (unpaired) electrons. The number of aryl methyl sites for hydroxylation is 1. The molecular weight excluding hydrogens is 238 g/mol. The van der Waals surface area contributed by atoms with Gasteiger partial charge in [-0.3, -0.25) is 5.10 Å². The number of aromatic amines is 1. The molecule has 3 N–H and O–H groups in total. The minimum Gasteiger partial charge on any atom is -0.383 e. The molecule has 5 nitrogen and oxygen atoms in total. The maximum Gasteiger partial charge on any atom is 0.182 e. The lowest BCUT2D eigenvalue weighted by atomic mass is 10.1. The molecule has 2 aromatic heterocycles. The first-order chi connectivity index (χ1) is 9.31. The van der Waals surface area contributed by atoms with Crippen LogP contribution in [0.3, 0.4) is 0 Å². The number of nitrogens with zero attached hydrogens (tertiary/aromatic N) is 3. The van der Waals surface area contributed by atoms with Gasteiger partial charge in [0.2, 0.25) is 0 Å². The molecule has 2 aromatic rings. The van der Waals surface area contributed by atoms with Gasteiger partial charge in [-0.25, -0.2) is 4.68 Å². The Bertz CT molecular complexity index is 545. The molecule has 0 saturated heterocycles. The number of nitrogens with two attached hydrogens (primary N) is 1. The van der Waals surface area contributed by atoms with Gasteiger partial charge in [-0.15, -0.1) is 0 Å². The summed E-state index contributed by atoms with van der Waals surface area (Å²) in [6.07, 6.45) is 9.80. The lowest BCUT2D eigenvalue weighted by Gasteiger charge is -2.14. The number of nitrogen functional groups attached to an aromatic ring is 1. The predicted molar refractivity (Wildman–Crippen MR) is 77.0 cm³/mol. The molecule has 0 amide bonds. The van der Waals surface area contributed by atoms with E-state index in [9.17, 15) is 0 Å². The third-order valence-corrected chi connectivity index (χ3v) is 4.17. The molecule has 1 fully saturated rings. The van der Waals surface area contributed by atoms with E-state index in [4.69, 9.17) is 10.8 Å². The molecule has 1 saturated carbocycles. The third kappa shape index (κ3) is 2.22. The molecule has 1 aliphatic carbocycles. The molecule has 0 aromatic carbocycles. The van der Waals surface area contributed by atoms with Crippen LogP contribution in [0.4, 0.5) is 5.82 Å². The zero-order valence-electron chi connectivity index (χ0n) is 11.7. The number of anilines is 1. The molecule has 0 bridgehead atoms. The summed E-state index contributed by atoms with van der Waals surface area (Å²) in [5, 5.41) is 13.2. The Kier molecular flexibility index (Phi) is 3.44. The van der Waals surface area contributed by atoms with E-state index in [0.29, 0.717) is 11.9 Å². The van der Waals surface area contributed by atoms with Crippen molar-refractivity contribution in [3.05, 3.63) is 5.69 Å². The van der Waals surface area contributed by atoms with Crippen molar-refractivity contribution >= 4 is 16.9 Å². The first-order valence-corrected chi connectivity index (χ1v) is 7.52. The molecule has 0 aliphatic heterocycles. The number of H-pyrrole nitrogens is 1. The fourth-order valence-electron chi connectivity index (χ4n) is 3.19. The Hall–Kier alpha value is -1.52. The van der Waals surface area contributed by atoms with Gasteiger partial charge in [0, 0.05) is 0 Å². The molecule has 0 spiro atoms. The van der Waals surface area contributed by atoms with Crippen molar-refractivity contribution in [3.8, 4) is 0 Å². The number of nitrogens with one attached hydrogen (secondary N) is 1. The quantitative estimate of drug-likeness (QED) is 0.833. The Morgan fingerprint density at radius 2 is 2.00 bits per heavy atom. The van der Waals surface area contributed by atoms with Crippen LogP contribution in [0.15, 0.2) is 0 Å². The average Bonchev–Trinajstić information content (AvgIpc) is 2.81. The molecule has 1 aliphatic rings. The Balaban J connectivity index is 2.02. The average molecular weight is 261 g/mol. The van der Waals surface area contributed by atoms with E-state index in [2.05, 4.69) is 21.8 Å². The van der Waals surface area contributed by atoms with Crippen LogP contribution in [0, 0.1) is 0 Å². The Morgan fingerprint density at radius 3 is 2.68 bits per heavy atom. The van der Waals surface area contributed by atoms with Gasteiger partial charge >= 0.3 is 0 Å². The SMILES string of the molecule is CCCc1nn(C2CCCCCC2)c2n[nH]c(N)c12. The van der Waals surface area contributed by atoms with E-state index in [0.717, 1.165) is 29.6 Å². The van der Waals surface area contributed by atoms with E-state index < -0.39 is 0 Å². The normalized spacial score (nSPS) is 17.9. The van der Waals surface area contributed by atoms with Crippen LogP contribution in [0.25, 0.3) is 11.0 Å². The van der Waals surface area contributed by atoms with E-state index in [-0.39, 0.29) is 0 Å². The number of hydrogen-bond donors (Lipinski definition) is 2. The molecule has 3 rings (SSSR count). The summed E-state index contributed by atoms with van der Waals surface area (Å²) in [6, 6.07) is 0.498. The van der Waals surface area contributed by atoms with E-state index in [1.807, 2.05) is 0 Å². The summed E-state index contributed by atoms with van der Waals surface area (Å²) in [5.74, 6) is 0.665. The standard InChI is InChI=1S/C14H23N5/c1-2-7-11-12-13(15)16-17-14(12)19(18-11)10-8-5-3-4-6-9-10/h10H,2-9H2,1H3,(H3,15,16,17). The zero-order valence-corrected chi connectivity index (χ0v) is 11.7. The fraction of sp³-hybridized carbons (Fsp3) is 0.714. The van der Waals surface area contributed by atoms with Gasteiger partial charge in [-0.05, 0) is 19.3 Å². The van der Waals surface area contributed by atoms with Crippen molar-refractivity contribution in [3.63, 3.8) is 0 Å². The highest BCUT2D eigenvalue weighted by molar-refractivity contribution is 5.89. The maximum atomic E-state index is 6.01. The van der Waals surface area contributed by atoms with Crippen molar-refractivity contribution in [1.82, 2.24) is 20.0 Å².